The second kappa shape index (κ2) is 3.90. The van der Waals surface area contributed by atoms with Crippen LogP contribution < -0.4 is 0 Å². The van der Waals surface area contributed by atoms with Crippen LogP contribution in [0.4, 0.5) is 0 Å². The Kier molecular flexibility index (Phi) is 2.86. The quantitative estimate of drug-likeness (QED) is 0.640. The Labute approximate surface area is 72.2 Å². The van der Waals surface area contributed by atoms with Crippen LogP contribution in [0.3, 0.4) is 0 Å². The van der Waals surface area contributed by atoms with Gasteiger partial charge >= 0.3 is 0 Å². The molecule has 0 N–H and O–H groups in total. The molecular weight excluding hydrogens is 152 g/mol. The minimum Gasteiger partial charge on any atom is -0.460 e. The zero-order valence-electron chi connectivity index (χ0n) is 7.28. The second-order valence-corrected chi connectivity index (χ2v) is 2.73. The summed E-state index contributed by atoms with van der Waals surface area (Å²) in [5, 5.41) is 0. The van der Waals surface area contributed by atoms with Crippen molar-refractivity contribution >= 4 is 6.47 Å². The molecule has 1 aromatic rings. The van der Waals surface area contributed by atoms with Crippen molar-refractivity contribution in [1.82, 2.24) is 0 Å². The SMILES string of the molecule is Cc1ccccc1[C@@H](C)OC=O. The fourth-order valence-corrected chi connectivity index (χ4v) is 1.20. The maximum Gasteiger partial charge on any atom is 0.293 e. The van der Waals surface area contributed by atoms with Gasteiger partial charge in [0.05, 0.1) is 0 Å². The van der Waals surface area contributed by atoms with Crippen LogP contribution in [0.1, 0.15) is 24.2 Å². The fourth-order valence-electron chi connectivity index (χ4n) is 1.20. The molecule has 1 atom stereocenters. The minimum absolute atomic E-state index is 0.149. The number of aryl methyl sites for hydroxylation is 1. The first kappa shape index (κ1) is 8.78. The van der Waals surface area contributed by atoms with Gasteiger partial charge in [0.1, 0.15) is 6.10 Å². The van der Waals surface area contributed by atoms with Gasteiger partial charge < -0.3 is 4.74 Å². The average molecular weight is 164 g/mol. The highest BCUT2D eigenvalue weighted by Crippen LogP contribution is 2.18. The summed E-state index contributed by atoms with van der Waals surface area (Å²) in [6.07, 6.45) is -0.149. The molecule has 2 heteroatoms. The zero-order valence-corrected chi connectivity index (χ0v) is 7.28. The molecule has 1 aromatic carbocycles. The summed E-state index contributed by atoms with van der Waals surface area (Å²) in [4.78, 5) is 10.1. The normalized spacial score (nSPS) is 12.2. The third kappa shape index (κ3) is 1.84. The number of hydrogen-bond donors (Lipinski definition) is 0. The fraction of sp³-hybridized carbons (Fsp3) is 0.300. The Morgan fingerprint density at radius 2 is 2.08 bits per heavy atom. The van der Waals surface area contributed by atoms with Crippen LogP contribution in [-0.4, -0.2) is 6.47 Å². The predicted octanol–water partition coefficient (Wildman–Crippen LogP) is 2.23. The molecule has 0 spiro atoms. The van der Waals surface area contributed by atoms with Gasteiger partial charge in [-0.1, -0.05) is 24.3 Å². The van der Waals surface area contributed by atoms with E-state index >= 15 is 0 Å². The van der Waals surface area contributed by atoms with E-state index in [2.05, 4.69) is 0 Å². The maximum absolute atomic E-state index is 10.1. The highest BCUT2D eigenvalue weighted by molar-refractivity contribution is 5.39. The number of carbonyl (C=O) groups excluding carboxylic acids is 1. The summed E-state index contributed by atoms with van der Waals surface area (Å²) in [7, 11) is 0. The lowest BCUT2D eigenvalue weighted by Gasteiger charge is -2.11. The molecule has 0 aliphatic rings. The van der Waals surface area contributed by atoms with Crippen molar-refractivity contribution in [2.24, 2.45) is 0 Å². The second-order valence-electron chi connectivity index (χ2n) is 2.73. The first-order valence-electron chi connectivity index (χ1n) is 3.90. The number of carbonyl (C=O) groups is 1. The van der Waals surface area contributed by atoms with Gasteiger partial charge in [-0.05, 0) is 25.0 Å². The van der Waals surface area contributed by atoms with E-state index in [0.717, 1.165) is 11.1 Å². The van der Waals surface area contributed by atoms with Crippen LogP contribution in [0.5, 0.6) is 0 Å². The molecule has 0 heterocycles. The van der Waals surface area contributed by atoms with E-state index in [1.54, 1.807) is 0 Å². The topological polar surface area (TPSA) is 26.3 Å². The molecule has 0 bridgehead atoms. The van der Waals surface area contributed by atoms with E-state index in [1.807, 2.05) is 38.1 Å². The van der Waals surface area contributed by atoms with E-state index in [1.165, 1.54) is 0 Å². The summed E-state index contributed by atoms with van der Waals surface area (Å²) < 4.78 is 4.83. The third-order valence-corrected chi connectivity index (χ3v) is 1.89. The molecule has 0 unspecified atom stereocenters. The van der Waals surface area contributed by atoms with Crippen molar-refractivity contribution in [3.63, 3.8) is 0 Å². The molecule has 0 saturated heterocycles. The van der Waals surface area contributed by atoms with E-state index in [0.29, 0.717) is 6.47 Å². The molecule has 0 aliphatic heterocycles. The molecule has 0 aliphatic carbocycles. The number of benzene rings is 1. The number of hydrogen-bond acceptors (Lipinski definition) is 2. The van der Waals surface area contributed by atoms with E-state index < -0.39 is 0 Å². The summed E-state index contributed by atoms with van der Waals surface area (Å²) in [5.74, 6) is 0. The van der Waals surface area contributed by atoms with Crippen LogP contribution in [0.25, 0.3) is 0 Å². The lowest BCUT2D eigenvalue weighted by atomic mass is 10.1. The van der Waals surface area contributed by atoms with Crippen LogP contribution in [0, 0.1) is 6.92 Å². The van der Waals surface area contributed by atoms with Crippen molar-refractivity contribution in [2.75, 3.05) is 0 Å². The molecule has 0 fully saturated rings. The highest BCUT2D eigenvalue weighted by Gasteiger charge is 2.06. The van der Waals surface area contributed by atoms with Gasteiger partial charge in [0.25, 0.3) is 6.47 Å². The van der Waals surface area contributed by atoms with E-state index in [-0.39, 0.29) is 6.10 Å². The average Bonchev–Trinajstić information content (AvgIpc) is 2.05. The number of ether oxygens (including phenoxy) is 1. The summed E-state index contributed by atoms with van der Waals surface area (Å²) >= 11 is 0. The van der Waals surface area contributed by atoms with Gasteiger partial charge in [0.2, 0.25) is 0 Å². The predicted molar refractivity (Wildman–Crippen MR) is 46.7 cm³/mol. The largest absolute Gasteiger partial charge is 0.460 e. The van der Waals surface area contributed by atoms with Crippen LogP contribution in [0.15, 0.2) is 24.3 Å². The van der Waals surface area contributed by atoms with Gasteiger partial charge in [0, 0.05) is 0 Å². The molecular formula is C10H12O2. The van der Waals surface area contributed by atoms with Crippen LogP contribution >= 0.6 is 0 Å². The minimum atomic E-state index is -0.149. The van der Waals surface area contributed by atoms with Crippen molar-refractivity contribution in [1.29, 1.82) is 0 Å². The molecule has 2 nitrogen and oxygen atoms in total. The van der Waals surface area contributed by atoms with Crippen molar-refractivity contribution in [3.05, 3.63) is 35.4 Å². The molecule has 64 valence electrons. The van der Waals surface area contributed by atoms with E-state index in [9.17, 15) is 4.79 Å². The van der Waals surface area contributed by atoms with Crippen LogP contribution in [0.2, 0.25) is 0 Å². The van der Waals surface area contributed by atoms with Gasteiger partial charge in [-0.25, -0.2) is 0 Å². The molecule has 0 amide bonds. The zero-order chi connectivity index (χ0) is 8.97. The molecule has 12 heavy (non-hydrogen) atoms. The van der Waals surface area contributed by atoms with Crippen LogP contribution in [-0.2, 0) is 9.53 Å². The molecule has 0 aromatic heterocycles. The first-order valence-corrected chi connectivity index (χ1v) is 3.90. The standard InChI is InChI=1S/C10H12O2/c1-8-5-3-4-6-10(8)9(2)12-7-11/h3-7,9H,1-2H3/t9-/m1/s1. The Hall–Kier alpha value is -1.31. The van der Waals surface area contributed by atoms with Gasteiger partial charge in [-0.3, -0.25) is 4.79 Å². The molecule has 0 radical (unpaired) electrons. The van der Waals surface area contributed by atoms with Crippen molar-refractivity contribution in [2.45, 2.75) is 20.0 Å². The summed E-state index contributed by atoms with van der Waals surface area (Å²) in [5.41, 5.74) is 2.21. The Morgan fingerprint density at radius 3 is 2.67 bits per heavy atom. The van der Waals surface area contributed by atoms with Crippen molar-refractivity contribution in [3.8, 4) is 0 Å². The van der Waals surface area contributed by atoms with Gasteiger partial charge in [0.15, 0.2) is 0 Å². The Morgan fingerprint density at radius 1 is 1.42 bits per heavy atom. The Bertz CT molecular complexity index is 268. The van der Waals surface area contributed by atoms with Crippen molar-refractivity contribution < 1.29 is 9.53 Å². The first-order chi connectivity index (χ1) is 5.75. The highest BCUT2D eigenvalue weighted by atomic mass is 16.5. The third-order valence-electron chi connectivity index (χ3n) is 1.89. The summed E-state index contributed by atoms with van der Waals surface area (Å²) in [6, 6.07) is 7.86. The number of rotatable bonds is 3. The summed E-state index contributed by atoms with van der Waals surface area (Å²) in [6.45, 7) is 4.34. The lowest BCUT2D eigenvalue weighted by molar-refractivity contribution is -0.133. The molecule has 1 rings (SSSR count). The molecule has 0 saturated carbocycles. The van der Waals surface area contributed by atoms with Gasteiger partial charge in [-0.2, -0.15) is 0 Å². The lowest BCUT2D eigenvalue weighted by Crippen LogP contribution is -1.99. The van der Waals surface area contributed by atoms with Gasteiger partial charge in [-0.15, -0.1) is 0 Å². The Balaban J connectivity index is 2.86. The maximum atomic E-state index is 10.1. The monoisotopic (exact) mass is 164 g/mol. The smallest absolute Gasteiger partial charge is 0.293 e. The van der Waals surface area contributed by atoms with E-state index in [4.69, 9.17) is 4.74 Å².